The van der Waals surface area contributed by atoms with Crippen molar-refractivity contribution in [3.63, 3.8) is 0 Å². The SMILES string of the molecule is CCN(c1cccc(N2C[C@@H](C)N(C)[C@@H](C)C2)c1)[N+](=O)[O-]. The lowest BCUT2D eigenvalue weighted by Crippen LogP contribution is -2.55. The lowest BCUT2D eigenvalue weighted by Gasteiger charge is -2.43. The molecule has 1 saturated heterocycles. The predicted molar refractivity (Wildman–Crippen MR) is 85.4 cm³/mol. The van der Waals surface area contributed by atoms with Crippen LogP contribution in [0.2, 0.25) is 0 Å². The molecule has 6 nitrogen and oxygen atoms in total. The summed E-state index contributed by atoms with van der Waals surface area (Å²) in [6.45, 7) is 8.44. The third kappa shape index (κ3) is 3.26. The van der Waals surface area contributed by atoms with Gasteiger partial charge >= 0.3 is 0 Å². The van der Waals surface area contributed by atoms with E-state index >= 15 is 0 Å². The van der Waals surface area contributed by atoms with E-state index in [1.165, 1.54) is 5.01 Å². The van der Waals surface area contributed by atoms with Gasteiger partial charge in [-0.05, 0) is 46.0 Å². The number of nitrogens with zero attached hydrogens (tertiary/aromatic N) is 4. The molecule has 116 valence electrons. The van der Waals surface area contributed by atoms with Crippen LogP contribution in [0, 0.1) is 10.1 Å². The Morgan fingerprint density at radius 2 is 1.95 bits per heavy atom. The van der Waals surface area contributed by atoms with E-state index < -0.39 is 0 Å². The van der Waals surface area contributed by atoms with Crippen LogP contribution in [0.5, 0.6) is 0 Å². The van der Waals surface area contributed by atoms with Crippen molar-refractivity contribution in [2.45, 2.75) is 32.9 Å². The number of benzene rings is 1. The van der Waals surface area contributed by atoms with E-state index in [0.717, 1.165) is 18.8 Å². The summed E-state index contributed by atoms with van der Waals surface area (Å²) in [6.07, 6.45) is 0. The van der Waals surface area contributed by atoms with Gasteiger partial charge in [-0.2, -0.15) is 0 Å². The van der Waals surface area contributed by atoms with Crippen LogP contribution in [0.15, 0.2) is 24.3 Å². The van der Waals surface area contributed by atoms with E-state index in [4.69, 9.17) is 0 Å². The molecule has 0 aromatic heterocycles. The lowest BCUT2D eigenvalue weighted by atomic mass is 10.1. The maximum Gasteiger partial charge on any atom is 0.165 e. The fraction of sp³-hybridized carbons (Fsp3) is 0.600. The van der Waals surface area contributed by atoms with E-state index in [1.807, 2.05) is 18.2 Å². The molecule has 1 aliphatic rings. The van der Waals surface area contributed by atoms with E-state index in [2.05, 4.69) is 30.7 Å². The van der Waals surface area contributed by atoms with Crippen molar-refractivity contribution < 1.29 is 5.03 Å². The highest BCUT2D eigenvalue weighted by atomic mass is 16.7. The molecule has 6 heteroatoms. The second-order valence-electron chi connectivity index (χ2n) is 5.74. The average molecular weight is 292 g/mol. The Hall–Kier alpha value is -1.82. The van der Waals surface area contributed by atoms with Gasteiger partial charge in [0.05, 0.1) is 6.54 Å². The van der Waals surface area contributed by atoms with Crippen LogP contribution < -0.4 is 9.91 Å². The molecule has 0 aliphatic carbocycles. The molecule has 1 aliphatic heterocycles. The third-order valence-electron chi connectivity index (χ3n) is 4.35. The first-order valence-electron chi connectivity index (χ1n) is 7.42. The summed E-state index contributed by atoms with van der Waals surface area (Å²) in [4.78, 5) is 15.8. The van der Waals surface area contributed by atoms with Crippen LogP contribution in [0.3, 0.4) is 0 Å². The third-order valence-corrected chi connectivity index (χ3v) is 4.35. The summed E-state index contributed by atoms with van der Waals surface area (Å²) < 4.78 is 0. The molecule has 0 N–H and O–H groups in total. The number of hydrogen-bond acceptors (Lipinski definition) is 4. The van der Waals surface area contributed by atoms with Gasteiger partial charge in [0, 0.05) is 30.9 Å². The summed E-state index contributed by atoms with van der Waals surface area (Å²) >= 11 is 0. The fourth-order valence-corrected chi connectivity index (χ4v) is 2.86. The Balaban J connectivity index is 2.23. The Labute approximate surface area is 126 Å². The Morgan fingerprint density at radius 3 is 2.48 bits per heavy atom. The number of likely N-dealkylation sites (N-methyl/N-ethyl adjacent to an activating group) is 1. The molecule has 2 rings (SSSR count). The first kappa shape index (κ1) is 15.6. The molecule has 0 bridgehead atoms. The van der Waals surface area contributed by atoms with Crippen LogP contribution in [0.4, 0.5) is 11.4 Å². The molecule has 0 unspecified atom stereocenters. The highest BCUT2D eigenvalue weighted by Crippen LogP contribution is 2.26. The maximum atomic E-state index is 11.1. The zero-order valence-electron chi connectivity index (χ0n) is 13.2. The molecular formula is C15H24N4O2. The van der Waals surface area contributed by atoms with Crippen LogP contribution in [-0.4, -0.2) is 48.7 Å². The monoisotopic (exact) mass is 292 g/mol. The van der Waals surface area contributed by atoms with E-state index in [0.29, 0.717) is 24.3 Å². The van der Waals surface area contributed by atoms with E-state index in [9.17, 15) is 10.1 Å². The van der Waals surface area contributed by atoms with Crippen molar-refractivity contribution in [2.24, 2.45) is 0 Å². The Morgan fingerprint density at radius 1 is 1.33 bits per heavy atom. The normalized spacial score (nSPS) is 23.1. The summed E-state index contributed by atoms with van der Waals surface area (Å²) in [6, 6.07) is 8.56. The minimum absolute atomic E-state index is 0.353. The van der Waals surface area contributed by atoms with Gasteiger partial charge in [-0.25, -0.2) is 10.1 Å². The molecule has 0 radical (unpaired) electrons. The Bertz CT molecular complexity index is 496. The van der Waals surface area contributed by atoms with Crippen molar-refractivity contribution in [1.29, 1.82) is 0 Å². The van der Waals surface area contributed by atoms with Crippen LogP contribution in [0.25, 0.3) is 0 Å². The zero-order chi connectivity index (χ0) is 15.6. The second-order valence-corrected chi connectivity index (χ2v) is 5.74. The zero-order valence-corrected chi connectivity index (χ0v) is 13.2. The summed E-state index contributed by atoms with van der Waals surface area (Å²) in [5, 5.41) is 11.9. The van der Waals surface area contributed by atoms with Crippen molar-refractivity contribution in [3.05, 3.63) is 34.4 Å². The number of piperazine rings is 1. The number of hydrogen-bond donors (Lipinski definition) is 0. The van der Waals surface area contributed by atoms with Gasteiger partial charge in [-0.1, -0.05) is 11.1 Å². The number of rotatable bonds is 4. The molecule has 2 atom stereocenters. The molecule has 21 heavy (non-hydrogen) atoms. The van der Waals surface area contributed by atoms with Gasteiger partial charge in [-0.3, -0.25) is 4.90 Å². The van der Waals surface area contributed by atoms with Crippen LogP contribution in [-0.2, 0) is 0 Å². The van der Waals surface area contributed by atoms with Gasteiger partial charge in [0.1, 0.15) is 5.69 Å². The molecule has 1 fully saturated rings. The van der Waals surface area contributed by atoms with Crippen LogP contribution >= 0.6 is 0 Å². The number of anilines is 2. The van der Waals surface area contributed by atoms with Gasteiger partial charge < -0.3 is 4.90 Å². The van der Waals surface area contributed by atoms with Gasteiger partial charge in [0.15, 0.2) is 5.03 Å². The average Bonchev–Trinajstić information content (AvgIpc) is 2.45. The fourth-order valence-electron chi connectivity index (χ4n) is 2.86. The predicted octanol–water partition coefficient (Wildman–Crippen LogP) is 2.23. The molecule has 1 aromatic rings. The summed E-state index contributed by atoms with van der Waals surface area (Å²) in [5.41, 5.74) is 1.69. The second kappa shape index (κ2) is 6.30. The molecule has 1 aromatic carbocycles. The molecule has 1 heterocycles. The molecule has 0 saturated carbocycles. The van der Waals surface area contributed by atoms with Crippen LogP contribution in [0.1, 0.15) is 20.8 Å². The van der Waals surface area contributed by atoms with Gasteiger partial charge in [-0.15, -0.1) is 0 Å². The minimum atomic E-state index is -0.353. The molecular weight excluding hydrogens is 268 g/mol. The van der Waals surface area contributed by atoms with Gasteiger partial charge in [0.25, 0.3) is 0 Å². The maximum absolute atomic E-state index is 11.1. The molecule has 0 amide bonds. The smallest absolute Gasteiger partial charge is 0.165 e. The van der Waals surface area contributed by atoms with E-state index in [-0.39, 0.29) is 5.03 Å². The van der Waals surface area contributed by atoms with E-state index in [1.54, 1.807) is 13.0 Å². The largest absolute Gasteiger partial charge is 0.368 e. The summed E-state index contributed by atoms with van der Waals surface area (Å²) in [5.74, 6) is 0. The standard InChI is InChI=1S/C15H24N4O2/c1-5-18(19(20)21)15-8-6-7-14(9-15)17-10-12(2)16(4)13(3)11-17/h6-9,12-13H,5,10-11H2,1-4H3/t12-,13+. The molecule has 0 spiro atoms. The summed E-state index contributed by atoms with van der Waals surface area (Å²) in [7, 11) is 2.15. The van der Waals surface area contributed by atoms with Crippen molar-refractivity contribution in [3.8, 4) is 0 Å². The Kier molecular flexibility index (Phi) is 4.67. The number of hydrazine groups is 1. The highest BCUT2D eigenvalue weighted by Gasteiger charge is 2.27. The first-order chi connectivity index (χ1) is 9.93. The van der Waals surface area contributed by atoms with Gasteiger partial charge in [0.2, 0.25) is 0 Å². The topological polar surface area (TPSA) is 52.9 Å². The highest BCUT2D eigenvalue weighted by molar-refractivity contribution is 5.58. The number of nitro groups is 1. The van der Waals surface area contributed by atoms with Crippen molar-refractivity contribution >= 4 is 11.4 Å². The lowest BCUT2D eigenvalue weighted by molar-refractivity contribution is -0.494. The first-order valence-corrected chi connectivity index (χ1v) is 7.42. The minimum Gasteiger partial charge on any atom is -0.368 e. The van der Waals surface area contributed by atoms with Crippen molar-refractivity contribution in [1.82, 2.24) is 4.90 Å². The quantitative estimate of drug-likeness (QED) is 0.629. The van der Waals surface area contributed by atoms with Crippen molar-refractivity contribution in [2.75, 3.05) is 36.6 Å².